The number of nitrogens with one attached hydrogen (secondary N) is 1. The van der Waals surface area contributed by atoms with Crippen molar-refractivity contribution in [3.05, 3.63) is 76.5 Å². The van der Waals surface area contributed by atoms with Gasteiger partial charge in [-0.2, -0.15) is 0 Å². The van der Waals surface area contributed by atoms with Gasteiger partial charge in [-0.3, -0.25) is 9.59 Å². The van der Waals surface area contributed by atoms with Crippen molar-refractivity contribution in [3.8, 4) is 5.75 Å². The Morgan fingerprint density at radius 2 is 1.69 bits per heavy atom. The van der Waals surface area contributed by atoms with Crippen molar-refractivity contribution < 1.29 is 14.3 Å². The molecule has 32 heavy (non-hydrogen) atoms. The predicted octanol–water partition coefficient (Wildman–Crippen LogP) is 5.78. The zero-order valence-electron chi connectivity index (χ0n) is 19.5. The van der Waals surface area contributed by atoms with Gasteiger partial charge in [0.25, 0.3) is 0 Å². The average Bonchev–Trinajstić information content (AvgIpc) is 2.76. The largest absolute Gasteiger partial charge is 0.493 e. The molecule has 1 amide bonds. The van der Waals surface area contributed by atoms with E-state index >= 15 is 0 Å². The summed E-state index contributed by atoms with van der Waals surface area (Å²) in [5, 5.41) is 3.03. The van der Waals surface area contributed by atoms with E-state index in [1.54, 1.807) is 0 Å². The minimum absolute atomic E-state index is 0.0319. The maximum atomic E-state index is 13.4. The van der Waals surface area contributed by atoms with Crippen LogP contribution in [0.15, 0.2) is 59.8 Å². The second-order valence-electron chi connectivity index (χ2n) is 9.98. The fraction of sp³-hybridized carbons (Fsp3) is 0.429. The topological polar surface area (TPSA) is 55.4 Å². The number of Topliss-reactive ketones (excluding diaryl/α,β-unsaturated/α-hetero) is 1. The van der Waals surface area contributed by atoms with Gasteiger partial charge in [0.05, 0.1) is 6.61 Å². The van der Waals surface area contributed by atoms with E-state index in [0.29, 0.717) is 19.4 Å². The number of carbonyl (C=O) groups is 2. The fourth-order valence-corrected chi connectivity index (χ4v) is 4.83. The molecule has 2 aromatic rings. The Morgan fingerprint density at radius 3 is 2.38 bits per heavy atom. The summed E-state index contributed by atoms with van der Waals surface area (Å²) in [4.78, 5) is 26.0. The minimum Gasteiger partial charge on any atom is -0.493 e. The van der Waals surface area contributed by atoms with E-state index in [1.165, 1.54) is 5.56 Å². The predicted molar refractivity (Wildman–Crippen MR) is 127 cm³/mol. The SMILES string of the molecule is CCCOc1ccccc1C1CC(=O)NC2=C1C(=O)CC(c1ccc(C(C)(C)C)cc1)C2. The molecule has 4 nitrogen and oxygen atoms in total. The molecule has 0 fully saturated rings. The Bertz CT molecular complexity index is 1040. The molecule has 168 valence electrons. The zero-order valence-corrected chi connectivity index (χ0v) is 19.5. The van der Waals surface area contributed by atoms with Gasteiger partial charge in [-0.25, -0.2) is 0 Å². The van der Waals surface area contributed by atoms with Crippen LogP contribution >= 0.6 is 0 Å². The van der Waals surface area contributed by atoms with Crippen molar-refractivity contribution in [3.63, 3.8) is 0 Å². The summed E-state index contributed by atoms with van der Waals surface area (Å²) in [6.07, 6.45) is 2.33. The average molecular weight is 432 g/mol. The number of amides is 1. The molecule has 2 aromatic carbocycles. The highest BCUT2D eigenvalue weighted by molar-refractivity contribution is 6.02. The van der Waals surface area contributed by atoms with Gasteiger partial charge in [0, 0.05) is 35.6 Å². The smallest absolute Gasteiger partial charge is 0.225 e. The first-order chi connectivity index (χ1) is 15.3. The van der Waals surface area contributed by atoms with E-state index < -0.39 is 0 Å². The molecule has 0 aromatic heterocycles. The lowest BCUT2D eigenvalue weighted by atomic mass is 9.73. The molecular weight excluding hydrogens is 398 g/mol. The van der Waals surface area contributed by atoms with Crippen LogP contribution in [0.3, 0.4) is 0 Å². The maximum Gasteiger partial charge on any atom is 0.225 e. The van der Waals surface area contributed by atoms with Crippen molar-refractivity contribution in [2.75, 3.05) is 6.61 Å². The molecule has 0 spiro atoms. The summed E-state index contributed by atoms with van der Waals surface area (Å²) in [7, 11) is 0. The Kier molecular flexibility index (Phi) is 6.23. The molecule has 2 unspecified atom stereocenters. The van der Waals surface area contributed by atoms with Crippen molar-refractivity contribution in [1.29, 1.82) is 0 Å². The number of rotatable bonds is 5. The van der Waals surface area contributed by atoms with Gasteiger partial charge >= 0.3 is 0 Å². The highest BCUT2D eigenvalue weighted by atomic mass is 16.5. The molecule has 2 aliphatic rings. The Labute approximate surface area is 191 Å². The van der Waals surface area contributed by atoms with E-state index in [-0.39, 0.29) is 35.4 Å². The van der Waals surface area contributed by atoms with E-state index in [1.807, 2.05) is 24.3 Å². The molecule has 2 atom stereocenters. The van der Waals surface area contributed by atoms with Crippen LogP contribution in [0, 0.1) is 0 Å². The summed E-state index contributed by atoms with van der Waals surface area (Å²) in [5.74, 6) is 0.708. The molecule has 1 aliphatic carbocycles. The molecule has 1 aliphatic heterocycles. The van der Waals surface area contributed by atoms with Crippen LogP contribution in [0.4, 0.5) is 0 Å². The monoisotopic (exact) mass is 431 g/mol. The summed E-state index contributed by atoms with van der Waals surface area (Å²) >= 11 is 0. The second-order valence-corrected chi connectivity index (χ2v) is 9.98. The van der Waals surface area contributed by atoms with Gasteiger partial charge in [0.2, 0.25) is 5.91 Å². The van der Waals surface area contributed by atoms with E-state index in [0.717, 1.165) is 34.6 Å². The molecule has 0 saturated heterocycles. The van der Waals surface area contributed by atoms with E-state index in [2.05, 4.69) is 57.3 Å². The zero-order chi connectivity index (χ0) is 22.9. The standard InChI is InChI=1S/C28H33NO3/c1-5-14-32-25-9-7-6-8-21(25)22-17-26(31)29-23-15-19(16-24(30)27(22)23)18-10-12-20(13-11-18)28(2,3)4/h6-13,19,22H,5,14-17H2,1-4H3,(H,29,31). The van der Waals surface area contributed by atoms with Crippen LogP contribution in [-0.4, -0.2) is 18.3 Å². The number of hydrogen-bond acceptors (Lipinski definition) is 3. The third-order valence-corrected chi connectivity index (χ3v) is 6.54. The number of ether oxygens (including phenoxy) is 1. The molecule has 4 heteroatoms. The fourth-order valence-electron chi connectivity index (χ4n) is 4.83. The highest BCUT2D eigenvalue weighted by Crippen LogP contribution is 2.44. The minimum atomic E-state index is -0.247. The summed E-state index contributed by atoms with van der Waals surface area (Å²) < 4.78 is 5.95. The van der Waals surface area contributed by atoms with Crippen LogP contribution in [0.2, 0.25) is 0 Å². The van der Waals surface area contributed by atoms with Gasteiger partial charge in [0.15, 0.2) is 5.78 Å². The number of ketones is 1. The van der Waals surface area contributed by atoms with Gasteiger partial charge in [0.1, 0.15) is 5.75 Å². The van der Waals surface area contributed by atoms with E-state index in [9.17, 15) is 9.59 Å². The van der Waals surface area contributed by atoms with Gasteiger partial charge in [-0.15, -0.1) is 0 Å². The van der Waals surface area contributed by atoms with Crippen molar-refractivity contribution >= 4 is 11.7 Å². The first kappa shape index (κ1) is 22.3. The number of benzene rings is 2. The summed E-state index contributed by atoms with van der Waals surface area (Å²) in [6.45, 7) is 9.27. The Hall–Kier alpha value is -2.88. The maximum absolute atomic E-state index is 13.4. The second kappa shape index (κ2) is 8.93. The van der Waals surface area contributed by atoms with E-state index in [4.69, 9.17) is 4.74 Å². The van der Waals surface area contributed by atoms with Crippen molar-refractivity contribution in [1.82, 2.24) is 5.32 Å². The van der Waals surface area contributed by atoms with Crippen LogP contribution in [0.25, 0.3) is 0 Å². The normalized spacial score (nSPS) is 21.2. The molecule has 1 heterocycles. The lowest BCUT2D eigenvalue weighted by Crippen LogP contribution is -2.38. The molecule has 0 radical (unpaired) electrons. The van der Waals surface area contributed by atoms with Crippen LogP contribution < -0.4 is 10.1 Å². The van der Waals surface area contributed by atoms with Gasteiger partial charge in [-0.05, 0) is 41.4 Å². The lowest BCUT2D eigenvalue weighted by Gasteiger charge is -2.35. The third kappa shape index (κ3) is 4.50. The number of hydrogen-bond donors (Lipinski definition) is 1. The number of carbonyl (C=O) groups excluding carboxylic acids is 2. The molecular formula is C28H33NO3. The quantitative estimate of drug-likeness (QED) is 0.653. The van der Waals surface area contributed by atoms with Crippen LogP contribution in [-0.2, 0) is 15.0 Å². The van der Waals surface area contributed by atoms with Crippen LogP contribution in [0.1, 0.15) is 81.9 Å². The highest BCUT2D eigenvalue weighted by Gasteiger charge is 2.39. The molecule has 1 N–H and O–H groups in total. The summed E-state index contributed by atoms with van der Waals surface area (Å²) in [5.41, 5.74) is 5.01. The van der Waals surface area contributed by atoms with Crippen LogP contribution in [0.5, 0.6) is 5.75 Å². The molecule has 4 rings (SSSR count). The lowest BCUT2D eigenvalue weighted by molar-refractivity contribution is -0.122. The Balaban J connectivity index is 1.66. The third-order valence-electron chi connectivity index (χ3n) is 6.54. The van der Waals surface area contributed by atoms with Crippen molar-refractivity contribution in [2.45, 2.75) is 70.6 Å². The number of allylic oxidation sites excluding steroid dienone is 2. The van der Waals surface area contributed by atoms with Crippen molar-refractivity contribution in [2.24, 2.45) is 0 Å². The van der Waals surface area contributed by atoms with Gasteiger partial charge < -0.3 is 10.1 Å². The first-order valence-electron chi connectivity index (χ1n) is 11.7. The summed E-state index contributed by atoms with van der Waals surface area (Å²) in [6, 6.07) is 16.4. The van der Waals surface area contributed by atoms with Gasteiger partial charge in [-0.1, -0.05) is 70.2 Å². The molecule has 0 bridgehead atoms. The molecule has 0 saturated carbocycles. The Morgan fingerprint density at radius 1 is 0.969 bits per heavy atom. The first-order valence-corrected chi connectivity index (χ1v) is 11.7. The number of para-hydroxylation sites is 1.